The van der Waals surface area contributed by atoms with Crippen LogP contribution in [0.5, 0.6) is 0 Å². The molecule has 0 spiro atoms. The van der Waals surface area contributed by atoms with Crippen molar-refractivity contribution >= 4 is 41.8 Å². The minimum absolute atomic E-state index is 0. The van der Waals surface area contributed by atoms with E-state index in [1.54, 1.807) is 21.6 Å². The Hall–Kier alpha value is 2.52. The standard InChI is InChI=1S/C8H18O6S4.2Na/c9-17(10,11)7-3-1-5-15-16-6-2-4-8-18(12,13)14;;/h1-8H2,(H,9,10,11)(H,12,13,14);;/q;2*+1/p-2. The summed E-state index contributed by atoms with van der Waals surface area (Å²) in [6.07, 6.45) is 2.06. The van der Waals surface area contributed by atoms with Crippen LogP contribution < -0.4 is 59.1 Å². The predicted octanol–water partition coefficient (Wildman–Crippen LogP) is -4.97. The molecule has 0 aromatic rings. The average Bonchev–Trinajstić information content (AvgIpc) is 2.17. The van der Waals surface area contributed by atoms with E-state index in [0.717, 1.165) is 11.5 Å². The number of hydrogen-bond donors (Lipinski definition) is 0. The fraction of sp³-hybridized carbons (Fsp3) is 1.00. The van der Waals surface area contributed by atoms with Crippen LogP contribution in [-0.4, -0.2) is 49.0 Å². The van der Waals surface area contributed by atoms with Crippen LogP contribution in [0.15, 0.2) is 0 Å². The van der Waals surface area contributed by atoms with Crippen molar-refractivity contribution in [3.8, 4) is 0 Å². The molecule has 20 heavy (non-hydrogen) atoms. The van der Waals surface area contributed by atoms with Crippen molar-refractivity contribution in [1.29, 1.82) is 0 Å². The van der Waals surface area contributed by atoms with E-state index in [9.17, 15) is 25.9 Å². The summed E-state index contributed by atoms with van der Waals surface area (Å²) in [6.45, 7) is 0. The zero-order valence-electron chi connectivity index (χ0n) is 11.7. The summed E-state index contributed by atoms with van der Waals surface area (Å²) in [5.41, 5.74) is 0. The molecule has 0 saturated carbocycles. The van der Waals surface area contributed by atoms with Gasteiger partial charge in [-0.05, 0) is 25.7 Å². The van der Waals surface area contributed by atoms with E-state index in [-0.39, 0.29) is 70.6 Å². The topological polar surface area (TPSA) is 114 Å². The van der Waals surface area contributed by atoms with E-state index >= 15 is 0 Å². The van der Waals surface area contributed by atoms with E-state index in [1.165, 1.54) is 0 Å². The van der Waals surface area contributed by atoms with Gasteiger partial charge in [0.15, 0.2) is 0 Å². The van der Waals surface area contributed by atoms with Gasteiger partial charge in [0, 0.05) is 23.0 Å². The number of unbranched alkanes of at least 4 members (excludes halogenated alkanes) is 2. The Morgan fingerprint density at radius 1 is 0.650 bits per heavy atom. The smallest absolute Gasteiger partial charge is 0.748 e. The van der Waals surface area contributed by atoms with Gasteiger partial charge in [-0.15, -0.1) is 0 Å². The van der Waals surface area contributed by atoms with Gasteiger partial charge in [0.1, 0.15) is 0 Å². The summed E-state index contributed by atoms with van der Waals surface area (Å²) in [5.74, 6) is 0.860. The molecule has 0 saturated heterocycles. The predicted molar refractivity (Wildman–Crippen MR) is 72.5 cm³/mol. The van der Waals surface area contributed by atoms with Gasteiger partial charge in [0.05, 0.1) is 20.2 Å². The van der Waals surface area contributed by atoms with E-state index in [0.29, 0.717) is 25.7 Å². The molecule has 0 aromatic carbocycles. The summed E-state index contributed by atoms with van der Waals surface area (Å²) in [4.78, 5) is 0. The first-order valence-corrected chi connectivity index (χ1v) is 11.0. The third kappa shape index (κ3) is 25.5. The van der Waals surface area contributed by atoms with Crippen LogP contribution >= 0.6 is 21.6 Å². The second kappa shape index (κ2) is 15.1. The minimum atomic E-state index is -4.10. The van der Waals surface area contributed by atoms with E-state index in [2.05, 4.69) is 0 Å². The Morgan fingerprint density at radius 3 is 1.20 bits per heavy atom. The molecule has 12 heteroatoms. The molecular weight excluding hydrogens is 366 g/mol. The summed E-state index contributed by atoms with van der Waals surface area (Å²) in [6, 6.07) is 0. The fourth-order valence-electron chi connectivity index (χ4n) is 0.998. The first kappa shape index (κ1) is 27.4. The molecular formula is C8H16Na2O6S4. The molecule has 0 aliphatic rings. The van der Waals surface area contributed by atoms with Gasteiger partial charge in [-0.1, -0.05) is 21.6 Å². The first-order valence-electron chi connectivity index (χ1n) is 5.32. The monoisotopic (exact) mass is 382 g/mol. The van der Waals surface area contributed by atoms with Gasteiger partial charge in [0.25, 0.3) is 0 Å². The Bertz CT molecular complexity index is 371. The molecule has 0 atom stereocenters. The van der Waals surface area contributed by atoms with Gasteiger partial charge in [-0.2, -0.15) is 0 Å². The van der Waals surface area contributed by atoms with E-state index in [4.69, 9.17) is 0 Å². The van der Waals surface area contributed by atoms with Crippen LogP contribution in [0.4, 0.5) is 0 Å². The zero-order chi connectivity index (χ0) is 14.1. The largest absolute Gasteiger partial charge is 1.00 e. The molecule has 0 radical (unpaired) electrons. The second-order valence-corrected chi connectivity index (χ2v) is 9.33. The number of rotatable bonds is 11. The van der Waals surface area contributed by atoms with Gasteiger partial charge >= 0.3 is 59.1 Å². The molecule has 0 bridgehead atoms. The van der Waals surface area contributed by atoms with Crippen molar-refractivity contribution in [1.82, 2.24) is 0 Å². The molecule has 0 aliphatic heterocycles. The molecule has 0 fully saturated rings. The molecule has 0 N–H and O–H groups in total. The van der Waals surface area contributed by atoms with Crippen LogP contribution in [0.3, 0.4) is 0 Å². The molecule has 110 valence electrons. The summed E-state index contributed by atoms with van der Waals surface area (Å²) in [7, 11) is -5.08. The normalized spacial score (nSPS) is 11.5. The molecule has 0 unspecified atom stereocenters. The Balaban J connectivity index is -0.00000144. The molecule has 0 amide bonds. The average molecular weight is 382 g/mol. The van der Waals surface area contributed by atoms with Crippen molar-refractivity contribution < 1.29 is 85.1 Å². The van der Waals surface area contributed by atoms with Crippen LogP contribution in [0.1, 0.15) is 25.7 Å². The maximum absolute atomic E-state index is 10.3. The van der Waals surface area contributed by atoms with Gasteiger partial charge in [-0.3, -0.25) is 0 Å². The first-order chi connectivity index (χ1) is 8.21. The van der Waals surface area contributed by atoms with E-state index < -0.39 is 20.2 Å². The third-order valence-electron chi connectivity index (χ3n) is 1.83. The Morgan fingerprint density at radius 2 is 0.950 bits per heavy atom. The number of hydrogen-bond acceptors (Lipinski definition) is 8. The molecule has 6 nitrogen and oxygen atoms in total. The van der Waals surface area contributed by atoms with Crippen LogP contribution in [0.2, 0.25) is 0 Å². The Labute approximate surface area is 173 Å². The van der Waals surface area contributed by atoms with Crippen LogP contribution in [0, 0.1) is 0 Å². The summed E-state index contributed by atoms with van der Waals surface area (Å²) in [5, 5.41) is 0. The molecule has 0 aromatic heterocycles. The minimum Gasteiger partial charge on any atom is -0.748 e. The SMILES string of the molecule is O=S(=O)([O-])CCCCSSCCCCS(=O)(=O)[O-].[Na+].[Na+]. The molecule has 0 rings (SSSR count). The maximum atomic E-state index is 10.3. The second-order valence-electron chi connectivity index (χ2n) is 3.58. The van der Waals surface area contributed by atoms with E-state index in [1.807, 2.05) is 0 Å². The molecule has 0 heterocycles. The quantitative estimate of drug-likeness (QED) is 0.151. The Kier molecular flexibility index (Phi) is 20.6. The zero-order valence-corrected chi connectivity index (χ0v) is 19.0. The molecule has 0 aliphatic carbocycles. The van der Waals surface area contributed by atoms with Crippen molar-refractivity contribution in [3.05, 3.63) is 0 Å². The van der Waals surface area contributed by atoms with Crippen molar-refractivity contribution in [2.24, 2.45) is 0 Å². The fourth-order valence-corrected chi connectivity index (χ4v) is 4.41. The van der Waals surface area contributed by atoms with Crippen molar-refractivity contribution in [3.63, 3.8) is 0 Å². The van der Waals surface area contributed by atoms with Gasteiger partial charge in [-0.25, -0.2) is 16.8 Å². The maximum Gasteiger partial charge on any atom is 1.00 e. The van der Waals surface area contributed by atoms with Crippen LogP contribution in [-0.2, 0) is 20.2 Å². The van der Waals surface area contributed by atoms with Gasteiger partial charge < -0.3 is 9.11 Å². The summed E-state index contributed by atoms with van der Waals surface area (Å²) >= 11 is 0. The third-order valence-corrected chi connectivity index (χ3v) is 5.98. The van der Waals surface area contributed by atoms with Crippen molar-refractivity contribution in [2.75, 3.05) is 23.0 Å². The van der Waals surface area contributed by atoms with Crippen LogP contribution in [0.25, 0.3) is 0 Å². The van der Waals surface area contributed by atoms with Gasteiger partial charge in [0.2, 0.25) is 0 Å². The summed E-state index contributed by atoms with van der Waals surface area (Å²) < 4.78 is 61.7. The van der Waals surface area contributed by atoms with Crippen molar-refractivity contribution in [2.45, 2.75) is 25.7 Å².